The molecule has 0 atom stereocenters. The maximum absolute atomic E-state index is 10.9. The van der Waals surface area contributed by atoms with E-state index in [1.165, 1.54) is 12.1 Å². The summed E-state index contributed by atoms with van der Waals surface area (Å²) < 4.78 is 27.0. The van der Waals surface area contributed by atoms with E-state index >= 15 is 0 Å². The van der Waals surface area contributed by atoms with Crippen molar-refractivity contribution in [3.63, 3.8) is 0 Å². The van der Waals surface area contributed by atoms with Crippen LogP contribution in [0.5, 0.6) is 11.5 Å². The van der Waals surface area contributed by atoms with Crippen molar-refractivity contribution in [2.45, 2.75) is 6.92 Å². The zero-order valence-corrected chi connectivity index (χ0v) is 9.99. The van der Waals surface area contributed by atoms with Gasteiger partial charge in [-0.3, -0.25) is 0 Å². The van der Waals surface area contributed by atoms with Gasteiger partial charge in [-0.15, -0.1) is 0 Å². The first-order chi connectivity index (χ1) is 7.42. The molecule has 1 N–H and O–H groups in total. The zero-order valence-electron chi connectivity index (χ0n) is 9.17. The standard InChI is InChI=1S/C11H14O4S/c1-3-15-11-8-9(4-5-10(11)12)6-7-16(2,13)14/h4-8,12H,3H2,1-2H3/b7-6+. The Bertz CT molecular complexity index is 489. The summed E-state index contributed by atoms with van der Waals surface area (Å²) in [5.41, 5.74) is 0.659. The van der Waals surface area contributed by atoms with Gasteiger partial charge in [0.2, 0.25) is 0 Å². The highest BCUT2D eigenvalue weighted by atomic mass is 32.2. The monoisotopic (exact) mass is 242 g/mol. The van der Waals surface area contributed by atoms with E-state index in [2.05, 4.69) is 0 Å². The summed E-state index contributed by atoms with van der Waals surface area (Å²) in [6.45, 7) is 2.24. The zero-order chi connectivity index (χ0) is 12.2. The van der Waals surface area contributed by atoms with E-state index in [1.807, 2.05) is 0 Å². The van der Waals surface area contributed by atoms with Crippen LogP contribution in [0.15, 0.2) is 23.6 Å². The van der Waals surface area contributed by atoms with Crippen LogP contribution >= 0.6 is 0 Å². The summed E-state index contributed by atoms with van der Waals surface area (Å²) in [4.78, 5) is 0. The average molecular weight is 242 g/mol. The molecule has 0 aliphatic rings. The van der Waals surface area contributed by atoms with Crippen LogP contribution in [-0.2, 0) is 9.84 Å². The van der Waals surface area contributed by atoms with Crippen LogP contribution in [0.3, 0.4) is 0 Å². The van der Waals surface area contributed by atoms with Gasteiger partial charge in [0.1, 0.15) is 0 Å². The van der Waals surface area contributed by atoms with Crippen LogP contribution in [0.2, 0.25) is 0 Å². The van der Waals surface area contributed by atoms with Gasteiger partial charge in [-0.2, -0.15) is 0 Å². The Kier molecular flexibility index (Phi) is 3.95. The number of benzene rings is 1. The van der Waals surface area contributed by atoms with Crippen LogP contribution in [0.25, 0.3) is 6.08 Å². The molecule has 0 aliphatic heterocycles. The second-order valence-electron chi connectivity index (χ2n) is 3.29. The van der Waals surface area contributed by atoms with E-state index in [4.69, 9.17) is 4.74 Å². The maximum Gasteiger partial charge on any atom is 0.168 e. The van der Waals surface area contributed by atoms with Gasteiger partial charge in [-0.25, -0.2) is 8.42 Å². The molecule has 88 valence electrons. The van der Waals surface area contributed by atoms with E-state index in [1.54, 1.807) is 19.1 Å². The highest BCUT2D eigenvalue weighted by molar-refractivity contribution is 7.93. The van der Waals surface area contributed by atoms with Gasteiger partial charge in [0.25, 0.3) is 0 Å². The molecule has 0 saturated heterocycles. The van der Waals surface area contributed by atoms with Crippen LogP contribution in [0.4, 0.5) is 0 Å². The number of phenolic OH excluding ortho intramolecular Hbond substituents is 1. The summed E-state index contributed by atoms with van der Waals surface area (Å²) in [5.74, 6) is 0.386. The summed E-state index contributed by atoms with van der Waals surface area (Å²) in [6.07, 6.45) is 2.57. The molecule has 0 bridgehead atoms. The predicted octanol–water partition coefficient (Wildman–Crippen LogP) is 1.81. The van der Waals surface area contributed by atoms with E-state index in [0.717, 1.165) is 11.7 Å². The summed E-state index contributed by atoms with van der Waals surface area (Å²) in [7, 11) is -3.14. The molecule has 0 unspecified atom stereocenters. The van der Waals surface area contributed by atoms with E-state index in [9.17, 15) is 13.5 Å². The largest absolute Gasteiger partial charge is 0.504 e. The van der Waals surface area contributed by atoms with Gasteiger partial charge in [-0.05, 0) is 30.7 Å². The van der Waals surface area contributed by atoms with Crippen molar-refractivity contribution in [1.82, 2.24) is 0 Å². The highest BCUT2D eigenvalue weighted by Crippen LogP contribution is 2.27. The Morgan fingerprint density at radius 2 is 2.12 bits per heavy atom. The molecule has 16 heavy (non-hydrogen) atoms. The fourth-order valence-electron chi connectivity index (χ4n) is 1.11. The average Bonchev–Trinajstić information content (AvgIpc) is 2.18. The van der Waals surface area contributed by atoms with Crippen molar-refractivity contribution < 1.29 is 18.3 Å². The lowest BCUT2D eigenvalue weighted by Crippen LogP contribution is -1.92. The topological polar surface area (TPSA) is 63.6 Å². The number of phenols is 1. The highest BCUT2D eigenvalue weighted by Gasteiger charge is 2.02. The van der Waals surface area contributed by atoms with Crippen molar-refractivity contribution in [3.05, 3.63) is 29.2 Å². The Labute approximate surface area is 95.1 Å². The second-order valence-corrected chi connectivity index (χ2v) is 5.22. The molecule has 1 rings (SSSR count). The molecular formula is C11H14O4S. The third-order valence-electron chi connectivity index (χ3n) is 1.79. The molecule has 1 aromatic carbocycles. The first-order valence-corrected chi connectivity index (χ1v) is 6.72. The molecule has 1 aromatic rings. The molecule has 5 heteroatoms. The summed E-state index contributed by atoms with van der Waals surface area (Å²) >= 11 is 0. The van der Waals surface area contributed by atoms with Crippen molar-refractivity contribution in [2.24, 2.45) is 0 Å². The number of hydrogen-bond acceptors (Lipinski definition) is 4. The molecule has 0 aromatic heterocycles. The Balaban J connectivity index is 2.99. The number of aromatic hydroxyl groups is 1. The van der Waals surface area contributed by atoms with Crippen LogP contribution in [-0.4, -0.2) is 26.4 Å². The summed E-state index contributed by atoms with van der Waals surface area (Å²) in [6, 6.07) is 4.66. The third kappa shape index (κ3) is 3.94. The fraction of sp³-hybridized carbons (Fsp3) is 0.273. The normalized spacial score (nSPS) is 11.9. The fourth-order valence-corrected chi connectivity index (χ4v) is 1.51. The van der Waals surface area contributed by atoms with E-state index in [0.29, 0.717) is 17.9 Å². The smallest absolute Gasteiger partial charge is 0.168 e. The van der Waals surface area contributed by atoms with Gasteiger partial charge >= 0.3 is 0 Å². The van der Waals surface area contributed by atoms with E-state index < -0.39 is 9.84 Å². The van der Waals surface area contributed by atoms with Crippen molar-refractivity contribution in [2.75, 3.05) is 12.9 Å². The number of sulfone groups is 1. The van der Waals surface area contributed by atoms with Crippen molar-refractivity contribution >= 4 is 15.9 Å². The van der Waals surface area contributed by atoms with Gasteiger partial charge in [-0.1, -0.05) is 6.07 Å². The van der Waals surface area contributed by atoms with Crippen LogP contribution < -0.4 is 4.74 Å². The molecule has 0 amide bonds. The first kappa shape index (κ1) is 12.6. The predicted molar refractivity (Wildman–Crippen MR) is 63.2 cm³/mol. The minimum atomic E-state index is -3.14. The van der Waals surface area contributed by atoms with E-state index in [-0.39, 0.29) is 5.75 Å². The number of ether oxygens (including phenoxy) is 1. The number of hydrogen-bond donors (Lipinski definition) is 1. The van der Waals surface area contributed by atoms with Crippen LogP contribution in [0, 0.1) is 0 Å². The summed E-state index contributed by atoms with van der Waals surface area (Å²) in [5, 5.41) is 10.5. The molecule has 0 aliphatic carbocycles. The lowest BCUT2D eigenvalue weighted by atomic mass is 10.2. The molecule has 0 heterocycles. The molecule has 0 fully saturated rings. The quantitative estimate of drug-likeness (QED) is 0.874. The van der Waals surface area contributed by atoms with Gasteiger partial charge < -0.3 is 9.84 Å². The maximum atomic E-state index is 10.9. The van der Waals surface area contributed by atoms with Crippen LogP contribution in [0.1, 0.15) is 12.5 Å². The lowest BCUT2D eigenvalue weighted by Gasteiger charge is -2.05. The third-order valence-corrected chi connectivity index (χ3v) is 2.42. The first-order valence-electron chi connectivity index (χ1n) is 4.76. The number of rotatable bonds is 4. The van der Waals surface area contributed by atoms with Gasteiger partial charge in [0.05, 0.1) is 6.61 Å². The Hall–Kier alpha value is -1.49. The minimum absolute atomic E-state index is 0.0401. The Morgan fingerprint density at radius 1 is 1.44 bits per heavy atom. The van der Waals surface area contributed by atoms with Gasteiger partial charge in [0.15, 0.2) is 21.3 Å². The Morgan fingerprint density at radius 3 is 2.69 bits per heavy atom. The lowest BCUT2D eigenvalue weighted by molar-refractivity contribution is 0.318. The molecule has 0 spiro atoms. The molecule has 4 nitrogen and oxygen atoms in total. The van der Waals surface area contributed by atoms with Crippen molar-refractivity contribution in [3.8, 4) is 11.5 Å². The molecular weight excluding hydrogens is 228 g/mol. The second kappa shape index (κ2) is 5.03. The SMILES string of the molecule is CCOc1cc(/C=C/S(C)(=O)=O)ccc1O. The van der Waals surface area contributed by atoms with Gasteiger partial charge in [0, 0.05) is 11.7 Å². The molecule has 0 radical (unpaired) electrons. The minimum Gasteiger partial charge on any atom is -0.504 e. The van der Waals surface area contributed by atoms with Crippen molar-refractivity contribution in [1.29, 1.82) is 0 Å². The molecule has 0 saturated carbocycles.